The van der Waals surface area contributed by atoms with E-state index in [-0.39, 0.29) is 10.7 Å². The van der Waals surface area contributed by atoms with Crippen LogP contribution in [0.3, 0.4) is 0 Å². The van der Waals surface area contributed by atoms with Gasteiger partial charge in [-0.2, -0.15) is 0 Å². The maximum Gasteiger partial charge on any atom is 0.222 e. The van der Waals surface area contributed by atoms with Crippen LogP contribution in [-0.4, -0.2) is 5.24 Å². The van der Waals surface area contributed by atoms with E-state index in [1.54, 1.807) is 0 Å². The highest BCUT2D eigenvalue weighted by Gasteiger charge is 2.20. The summed E-state index contributed by atoms with van der Waals surface area (Å²) in [5, 5.41) is -0.249. The van der Waals surface area contributed by atoms with E-state index in [4.69, 9.17) is 11.6 Å². The highest BCUT2D eigenvalue weighted by Crippen LogP contribution is 2.28. The van der Waals surface area contributed by atoms with Crippen LogP contribution < -0.4 is 0 Å². The third-order valence-corrected chi connectivity index (χ3v) is 3.28. The lowest BCUT2D eigenvalue weighted by Crippen LogP contribution is -2.15. The number of hydrogen-bond acceptors (Lipinski definition) is 1. The Bertz CT molecular complexity index is 357. The molecule has 1 aromatic rings. The van der Waals surface area contributed by atoms with Crippen LogP contribution in [0.1, 0.15) is 32.3 Å². The molecule has 0 aromatic heterocycles. The SMILES string of the molecule is CC(C)(CCc1ccc(Br)cc1)CC(=O)Cl. The summed E-state index contributed by atoms with van der Waals surface area (Å²) in [6, 6.07) is 8.27. The molecular formula is C13H16BrClO. The molecule has 0 saturated heterocycles. The van der Waals surface area contributed by atoms with Crippen molar-refractivity contribution in [2.45, 2.75) is 33.1 Å². The number of halogens is 2. The Morgan fingerprint density at radius 1 is 1.31 bits per heavy atom. The fourth-order valence-electron chi connectivity index (χ4n) is 1.60. The molecule has 0 heterocycles. The summed E-state index contributed by atoms with van der Waals surface area (Å²) in [5.74, 6) is 0. The van der Waals surface area contributed by atoms with Crippen LogP contribution in [0.4, 0.5) is 0 Å². The fourth-order valence-corrected chi connectivity index (χ4v) is 2.22. The molecule has 0 aliphatic heterocycles. The molecule has 1 aromatic carbocycles. The molecule has 0 aliphatic carbocycles. The predicted octanol–water partition coefficient (Wildman–Crippen LogP) is 4.56. The second-order valence-electron chi connectivity index (χ2n) is 4.82. The second kappa shape index (κ2) is 5.83. The Balaban J connectivity index is 2.50. The van der Waals surface area contributed by atoms with Crippen LogP contribution in [0.15, 0.2) is 28.7 Å². The molecule has 1 nitrogen and oxygen atoms in total. The molecule has 0 fully saturated rings. The molecule has 0 aliphatic rings. The molecule has 3 heteroatoms. The zero-order valence-corrected chi connectivity index (χ0v) is 11.9. The van der Waals surface area contributed by atoms with Gasteiger partial charge in [-0.25, -0.2) is 0 Å². The molecule has 0 unspecified atom stereocenters. The van der Waals surface area contributed by atoms with E-state index >= 15 is 0 Å². The van der Waals surface area contributed by atoms with E-state index in [9.17, 15) is 4.79 Å². The van der Waals surface area contributed by atoms with Crippen molar-refractivity contribution in [2.75, 3.05) is 0 Å². The largest absolute Gasteiger partial charge is 0.281 e. The predicted molar refractivity (Wildman–Crippen MR) is 71.7 cm³/mol. The summed E-state index contributed by atoms with van der Waals surface area (Å²) >= 11 is 8.83. The van der Waals surface area contributed by atoms with Crippen molar-refractivity contribution in [3.63, 3.8) is 0 Å². The lowest BCUT2D eigenvalue weighted by molar-refractivity contribution is -0.113. The quantitative estimate of drug-likeness (QED) is 0.729. The van der Waals surface area contributed by atoms with Crippen molar-refractivity contribution >= 4 is 32.8 Å². The minimum atomic E-state index is -0.249. The molecule has 0 atom stereocenters. The minimum absolute atomic E-state index is 0.0219. The first-order chi connectivity index (χ1) is 7.39. The van der Waals surface area contributed by atoms with E-state index < -0.39 is 0 Å². The van der Waals surface area contributed by atoms with Crippen molar-refractivity contribution in [1.29, 1.82) is 0 Å². The summed E-state index contributed by atoms with van der Waals surface area (Å²) in [7, 11) is 0. The van der Waals surface area contributed by atoms with Crippen LogP contribution in [0.2, 0.25) is 0 Å². The number of carbonyl (C=O) groups is 1. The normalized spacial score (nSPS) is 11.5. The average Bonchev–Trinajstić information content (AvgIpc) is 2.15. The van der Waals surface area contributed by atoms with Gasteiger partial charge >= 0.3 is 0 Å². The van der Waals surface area contributed by atoms with Crippen LogP contribution in [0, 0.1) is 5.41 Å². The molecule has 0 amide bonds. The van der Waals surface area contributed by atoms with Crippen LogP contribution in [0.25, 0.3) is 0 Å². The maximum atomic E-state index is 10.9. The van der Waals surface area contributed by atoms with Gasteiger partial charge in [-0.1, -0.05) is 41.9 Å². The van der Waals surface area contributed by atoms with Crippen molar-refractivity contribution in [2.24, 2.45) is 5.41 Å². The van der Waals surface area contributed by atoms with E-state index in [0.29, 0.717) is 6.42 Å². The lowest BCUT2D eigenvalue weighted by atomic mass is 9.83. The standard InChI is InChI=1S/C13H16BrClO/c1-13(2,9-12(15)16)8-7-10-3-5-11(14)6-4-10/h3-6H,7-9H2,1-2H3. The van der Waals surface area contributed by atoms with Gasteiger partial charge in [0.2, 0.25) is 5.24 Å². The van der Waals surface area contributed by atoms with Crippen LogP contribution in [-0.2, 0) is 11.2 Å². The molecule has 0 saturated carbocycles. The lowest BCUT2D eigenvalue weighted by Gasteiger charge is -2.22. The second-order valence-corrected chi connectivity index (χ2v) is 6.16. The number of carbonyl (C=O) groups excluding carboxylic acids is 1. The number of rotatable bonds is 5. The maximum absolute atomic E-state index is 10.9. The van der Waals surface area contributed by atoms with Gasteiger partial charge in [0.1, 0.15) is 0 Å². The summed E-state index contributed by atoms with van der Waals surface area (Å²) in [6.07, 6.45) is 2.38. The molecular weight excluding hydrogens is 287 g/mol. The average molecular weight is 304 g/mol. The fraction of sp³-hybridized carbons (Fsp3) is 0.462. The van der Waals surface area contributed by atoms with Gasteiger partial charge < -0.3 is 0 Å². The Hall–Kier alpha value is -0.340. The summed E-state index contributed by atoms with van der Waals surface area (Å²) in [5.41, 5.74) is 1.27. The smallest absolute Gasteiger partial charge is 0.222 e. The van der Waals surface area contributed by atoms with Crippen LogP contribution >= 0.6 is 27.5 Å². The topological polar surface area (TPSA) is 17.1 Å². The zero-order chi connectivity index (χ0) is 12.2. The van der Waals surface area contributed by atoms with Gasteiger partial charge in [-0.3, -0.25) is 4.79 Å². The Labute approximate surface area is 110 Å². The summed E-state index contributed by atoms with van der Waals surface area (Å²) in [6.45, 7) is 4.15. The third-order valence-electron chi connectivity index (χ3n) is 2.62. The highest BCUT2D eigenvalue weighted by molar-refractivity contribution is 9.10. The first-order valence-electron chi connectivity index (χ1n) is 5.32. The molecule has 0 spiro atoms. The number of aryl methyl sites for hydroxylation is 1. The molecule has 0 N–H and O–H groups in total. The van der Waals surface area contributed by atoms with Crippen molar-refractivity contribution in [3.05, 3.63) is 34.3 Å². The van der Waals surface area contributed by atoms with Crippen LogP contribution in [0.5, 0.6) is 0 Å². The Kier molecular flexibility index (Phi) is 5.00. The molecule has 0 bridgehead atoms. The zero-order valence-electron chi connectivity index (χ0n) is 9.59. The first-order valence-corrected chi connectivity index (χ1v) is 6.49. The molecule has 88 valence electrons. The van der Waals surface area contributed by atoms with E-state index in [2.05, 4.69) is 41.9 Å². The number of hydrogen-bond donors (Lipinski definition) is 0. The van der Waals surface area contributed by atoms with Gasteiger partial charge in [0.25, 0.3) is 0 Å². The van der Waals surface area contributed by atoms with Crippen molar-refractivity contribution in [3.8, 4) is 0 Å². The summed E-state index contributed by atoms with van der Waals surface area (Å²) < 4.78 is 1.09. The minimum Gasteiger partial charge on any atom is -0.281 e. The van der Waals surface area contributed by atoms with Gasteiger partial charge in [0.05, 0.1) is 0 Å². The molecule has 1 rings (SSSR count). The van der Waals surface area contributed by atoms with Gasteiger partial charge in [0, 0.05) is 10.9 Å². The van der Waals surface area contributed by atoms with Crippen molar-refractivity contribution in [1.82, 2.24) is 0 Å². The first kappa shape index (κ1) is 13.7. The van der Waals surface area contributed by atoms with E-state index in [0.717, 1.165) is 17.3 Å². The third kappa shape index (κ3) is 5.13. The Morgan fingerprint density at radius 2 is 1.88 bits per heavy atom. The van der Waals surface area contributed by atoms with Crippen molar-refractivity contribution < 1.29 is 4.79 Å². The van der Waals surface area contributed by atoms with Gasteiger partial charge in [0.15, 0.2) is 0 Å². The van der Waals surface area contributed by atoms with Gasteiger partial charge in [-0.15, -0.1) is 0 Å². The van der Waals surface area contributed by atoms with Gasteiger partial charge in [-0.05, 0) is 47.6 Å². The number of benzene rings is 1. The monoisotopic (exact) mass is 302 g/mol. The summed E-state index contributed by atoms with van der Waals surface area (Å²) in [4.78, 5) is 10.9. The molecule has 16 heavy (non-hydrogen) atoms. The highest BCUT2D eigenvalue weighted by atomic mass is 79.9. The van der Waals surface area contributed by atoms with E-state index in [1.165, 1.54) is 5.56 Å². The molecule has 0 radical (unpaired) electrons. The Morgan fingerprint density at radius 3 is 2.38 bits per heavy atom. The van der Waals surface area contributed by atoms with E-state index in [1.807, 2.05) is 12.1 Å².